The Labute approximate surface area is 107 Å². The van der Waals surface area contributed by atoms with Crippen LogP contribution in [0.1, 0.15) is 27.2 Å². The van der Waals surface area contributed by atoms with E-state index < -0.39 is 9.84 Å². The minimum atomic E-state index is -2.89. The molecule has 17 heavy (non-hydrogen) atoms. The minimum absolute atomic E-state index is 0.0135. The van der Waals surface area contributed by atoms with Crippen molar-refractivity contribution in [2.24, 2.45) is 5.92 Å². The van der Waals surface area contributed by atoms with Gasteiger partial charge in [-0.2, -0.15) is 0 Å². The summed E-state index contributed by atoms with van der Waals surface area (Å²) in [7, 11) is 1.24. The molecule has 5 heteroatoms. The van der Waals surface area contributed by atoms with Crippen LogP contribution >= 0.6 is 0 Å². The van der Waals surface area contributed by atoms with Gasteiger partial charge in [-0.3, -0.25) is 0 Å². The lowest BCUT2D eigenvalue weighted by Gasteiger charge is -2.27. The maximum Gasteiger partial charge on any atom is 0.148 e. The van der Waals surface area contributed by atoms with Gasteiger partial charge >= 0.3 is 0 Å². The van der Waals surface area contributed by atoms with Gasteiger partial charge in [-0.1, -0.05) is 13.8 Å². The number of rotatable bonds is 8. The largest absolute Gasteiger partial charge is 0.312 e. The van der Waals surface area contributed by atoms with Crippen molar-refractivity contribution < 1.29 is 8.42 Å². The van der Waals surface area contributed by atoms with E-state index in [1.807, 2.05) is 6.92 Å². The highest BCUT2D eigenvalue weighted by molar-refractivity contribution is 7.90. The normalized spacial score (nSPS) is 16.5. The summed E-state index contributed by atoms with van der Waals surface area (Å²) in [6.07, 6.45) is 2.40. The molecule has 0 aromatic rings. The monoisotopic (exact) mass is 264 g/mol. The van der Waals surface area contributed by atoms with Crippen molar-refractivity contribution in [3.63, 3.8) is 0 Å². The van der Waals surface area contributed by atoms with Crippen molar-refractivity contribution in [1.82, 2.24) is 10.2 Å². The molecule has 104 valence electrons. The molecule has 2 atom stereocenters. The fraction of sp³-hybridized carbons (Fsp3) is 1.00. The van der Waals surface area contributed by atoms with E-state index in [-0.39, 0.29) is 11.8 Å². The van der Waals surface area contributed by atoms with Crippen molar-refractivity contribution in [3.8, 4) is 0 Å². The lowest BCUT2D eigenvalue weighted by molar-refractivity contribution is 0.243. The Bertz CT molecular complexity index is 300. The third-order valence-corrected chi connectivity index (χ3v) is 3.83. The molecule has 0 fully saturated rings. The summed E-state index contributed by atoms with van der Waals surface area (Å²) in [5, 5.41) is 3.31. The quantitative estimate of drug-likeness (QED) is 0.710. The zero-order valence-electron chi connectivity index (χ0n) is 12.0. The topological polar surface area (TPSA) is 49.4 Å². The summed E-state index contributed by atoms with van der Waals surface area (Å²) in [6, 6.07) is 0.469. The standard InChI is InChI=1S/C12H28N2O2S/c1-10(2)7-12(14(4)5)8-13-11(3)9-17(6,15)16/h10-13H,7-9H2,1-6H3. The van der Waals surface area contributed by atoms with Crippen LogP contribution < -0.4 is 5.32 Å². The van der Waals surface area contributed by atoms with Crippen LogP contribution in [-0.2, 0) is 9.84 Å². The van der Waals surface area contributed by atoms with Gasteiger partial charge in [0, 0.05) is 24.9 Å². The van der Waals surface area contributed by atoms with E-state index in [4.69, 9.17) is 0 Å². The zero-order chi connectivity index (χ0) is 13.6. The molecule has 0 aliphatic heterocycles. The molecule has 0 rings (SSSR count). The van der Waals surface area contributed by atoms with Crippen LogP contribution in [0.4, 0.5) is 0 Å². The Morgan fingerprint density at radius 2 is 1.71 bits per heavy atom. The summed E-state index contributed by atoms with van der Waals surface area (Å²) in [4.78, 5) is 2.19. The van der Waals surface area contributed by atoms with Gasteiger partial charge < -0.3 is 10.2 Å². The molecule has 2 unspecified atom stereocenters. The van der Waals surface area contributed by atoms with Crippen molar-refractivity contribution in [3.05, 3.63) is 0 Å². The van der Waals surface area contributed by atoms with E-state index in [0.717, 1.165) is 13.0 Å². The SMILES string of the molecule is CC(C)CC(CNC(C)CS(C)(=O)=O)N(C)C. The number of hydrogen-bond acceptors (Lipinski definition) is 4. The van der Waals surface area contributed by atoms with E-state index in [1.165, 1.54) is 6.26 Å². The highest BCUT2D eigenvalue weighted by Gasteiger charge is 2.16. The van der Waals surface area contributed by atoms with E-state index in [0.29, 0.717) is 12.0 Å². The lowest BCUT2D eigenvalue weighted by atomic mass is 10.0. The molecule has 0 heterocycles. The minimum Gasteiger partial charge on any atom is -0.312 e. The van der Waals surface area contributed by atoms with Gasteiger partial charge in [0.05, 0.1) is 5.75 Å². The first-order valence-electron chi connectivity index (χ1n) is 6.19. The Hall–Kier alpha value is -0.130. The number of sulfone groups is 1. The van der Waals surface area contributed by atoms with Gasteiger partial charge in [-0.15, -0.1) is 0 Å². The molecule has 4 nitrogen and oxygen atoms in total. The van der Waals surface area contributed by atoms with Gasteiger partial charge in [0.1, 0.15) is 9.84 Å². The second kappa shape index (κ2) is 7.34. The van der Waals surface area contributed by atoms with Gasteiger partial charge in [-0.05, 0) is 33.4 Å². The van der Waals surface area contributed by atoms with Crippen LogP contribution in [0.15, 0.2) is 0 Å². The summed E-state index contributed by atoms with van der Waals surface area (Å²) in [5.74, 6) is 0.851. The molecule has 0 aromatic carbocycles. The smallest absolute Gasteiger partial charge is 0.148 e. The van der Waals surface area contributed by atoms with E-state index in [1.54, 1.807) is 0 Å². The van der Waals surface area contributed by atoms with Crippen LogP contribution in [0, 0.1) is 5.92 Å². The predicted octanol–water partition coefficient (Wildman–Crippen LogP) is 0.985. The summed E-state index contributed by atoms with van der Waals surface area (Å²) >= 11 is 0. The zero-order valence-corrected chi connectivity index (χ0v) is 12.8. The third-order valence-electron chi connectivity index (χ3n) is 2.73. The first-order valence-corrected chi connectivity index (χ1v) is 8.25. The molecule has 0 saturated carbocycles. The highest BCUT2D eigenvalue weighted by Crippen LogP contribution is 2.08. The maximum absolute atomic E-state index is 11.1. The first kappa shape index (κ1) is 16.9. The van der Waals surface area contributed by atoms with Crippen molar-refractivity contribution in [2.75, 3.05) is 32.6 Å². The van der Waals surface area contributed by atoms with Gasteiger partial charge in [0.25, 0.3) is 0 Å². The summed E-state index contributed by atoms with van der Waals surface area (Å²) in [5.41, 5.74) is 0. The molecule has 0 aromatic heterocycles. The Morgan fingerprint density at radius 3 is 2.06 bits per heavy atom. The molecule has 0 radical (unpaired) electrons. The van der Waals surface area contributed by atoms with E-state index >= 15 is 0 Å². The number of likely N-dealkylation sites (N-methyl/N-ethyl adjacent to an activating group) is 1. The van der Waals surface area contributed by atoms with Crippen LogP contribution in [0.2, 0.25) is 0 Å². The van der Waals surface area contributed by atoms with Crippen LogP contribution in [0.3, 0.4) is 0 Å². The molecule has 0 saturated heterocycles. The van der Waals surface area contributed by atoms with Crippen molar-refractivity contribution in [2.45, 2.75) is 39.3 Å². The van der Waals surface area contributed by atoms with Crippen LogP contribution in [0.25, 0.3) is 0 Å². The predicted molar refractivity (Wildman–Crippen MR) is 74.1 cm³/mol. The molecule has 0 bridgehead atoms. The molecule has 0 amide bonds. The number of nitrogens with zero attached hydrogens (tertiary/aromatic N) is 1. The first-order chi connectivity index (χ1) is 7.61. The second-order valence-electron chi connectivity index (χ2n) is 5.65. The van der Waals surface area contributed by atoms with Gasteiger partial charge in [-0.25, -0.2) is 8.42 Å². The van der Waals surface area contributed by atoms with Crippen LogP contribution in [-0.4, -0.2) is 58.1 Å². The fourth-order valence-corrected chi connectivity index (χ4v) is 2.90. The highest BCUT2D eigenvalue weighted by atomic mass is 32.2. The number of nitrogens with one attached hydrogen (secondary N) is 1. The third kappa shape index (κ3) is 9.56. The van der Waals surface area contributed by atoms with Gasteiger partial charge in [0.15, 0.2) is 0 Å². The van der Waals surface area contributed by atoms with Crippen LogP contribution in [0.5, 0.6) is 0 Å². The molecule has 1 N–H and O–H groups in total. The van der Waals surface area contributed by atoms with E-state index in [2.05, 4.69) is 38.2 Å². The molecule has 0 aliphatic carbocycles. The maximum atomic E-state index is 11.1. The average Bonchev–Trinajstić information content (AvgIpc) is 2.08. The Morgan fingerprint density at radius 1 is 1.18 bits per heavy atom. The summed E-state index contributed by atoms with van der Waals surface area (Å²) in [6.45, 7) is 7.16. The second-order valence-corrected chi connectivity index (χ2v) is 7.83. The molecule has 0 aliphatic rings. The molecule has 0 spiro atoms. The molecular formula is C12H28N2O2S. The van der Waals surface area contributed by atoms with Crippen molar-refractivity contribution in [1.29, 1.82) is 0 Å². The molecular weight excluding hydrogens is 236 g/mol. The Kier molecular flexibility index (Phi) is 7.28. The average molecular weight is 264 g/mol. The fourth-order valence-electron chi connectivity index (χ4n) is 1.87. The van der Waals surface area contributed by atoms with Crippen molar-refractivity contribution >= 4 is 9.84 Å². The van der Waals surface area contributed by atoms with Gasteiger partial charge in [0.2, 0.25) is 0 Å². The van der Waals surface area contributed by atoms with E-state index in [9.17, 15) is 8.42 Å². The lowest BCUT2D eigenvalue weighted by Crippen LogP contribution is -2.43. The number of hydrogen-bond donors (Lipinski definition) is 1. The Balaban J connectivity index is 4.12. The summed E-state index contributed by atoms with van der Waals surface area (Å²) < 4.78 is 22.3.